The number of halogens is 3. The van der Waals surface area contributed by atoms with E-state index in [4.69, 9.17) is 0 Å². The summed E-state index contributed by atoms with van der Waals surface area (Å²) in [7, 11) is 1.26. The molecule has 0 bridgehead atoms. The summed E-state index contributed by atoms with van der Waals surface area (Å²) in [4.78, 5) is 23.4. The van der Waals surface area contributed by atoms with Crippen molar-refractivity contribution in [3.63, 3.8) is 0 Å². The highest BCUT2D eigenvalue weighted by atomic mass is 19.4. The van der Waals surface area contributed by atoms with E-state index in [0.29, 0.717) is 11.3 Å². The van der Waals surface area contributed by atoms with Crippen LogP contribution in [0.4, 0.5) is 30.8 Å². The number of anilines is 3. The van der Waals surface area contributed by atoms with E-state index in [-0.39, 0.29) is 24.2 Å². The number of alkyl halides is 3. The van der Waals surface area contributed by atoms with Crippen LogP contribution in [0.25, 0.3) is 0 Å². The molecule has 168 valence electrons. The number of benzene rings is 2. The summed E-state index contributed by atoms with van der Waals surface area (Å²) in [5, 5.41) is 15.0. The Morgan fingerprint density at radius 1 is 1.00 bits per heavy atom. The average molecular weight is 449 g/mol. The summed E-state index contributed by atoms with van der Waals surface area (Å²) < 4.78 is 46.9. The molecule has 0 aliphatic rings. The Labute approximate surface area is 180 Å². The Morgan fingerprint density at radius 3 is 2.28 bits per heavy atom. The van der Waals surface area contributed by atoms with Crippen molar-refractivity contribution in [1.29, 1.82) is 0 Å². The molecule has 0 saturated carbocycles. The molecule has 0 saturated heterocycles. The van der Waals surface area contributed by atoms with Gasteiger partial charge in [-0.25, -0.2) is 4.79 Å². The van der Waals surface area contributed by atoms with Gasteiger partial charge in [0.15, 0.2) is 6.61 Å². The van der Waals surface area contributed by atoms with E-state index in [9.17, 15) is 23.1 Å². The van der Waals surface area contributed by atoms with E-state index in [0.717, 1.165) is 5.56 Å². The number of nitrogens with one attached hydrogen (secondary N) is 2. The van der Waals surface area contributed by atoms with Gasteiger partial charge in [-0.3, -0.25) is 0 Å². The van der Waals surface area contributed by atoms with Crippen LogP contribution >= 0.6 is 0 Å². The van der Waals surface area contributed by atoms with Crippen molar-refractivity contribution in [2.24, 2.45) is 0 Å². The van der Waals surface area contributed by atoms with Gasteiger partial charge in [0.1, 0.15) is 5.75 Å². The predicted octanol–water partition coefficient (Wildman–Crippen LogP) is 3.66. The molecule has 0 amide bonds. The van der Waals surface area contributed by atoms with Crippen LogP contribution in [-0.2, 0) is 11.3 Å². The van der Waals surface area contributed by atoms with Crippen molar-refractivity contribution in [1.82, 2.24) is 15.0 Å². The Kier molecular flexibility index (Phi) is 6.93. The number of ether oxygens (including phenoxy) is 2. The lowest BCUT2D eigenvalue weighted by Gasteiger charge is -2.12. The number of hydrogen-bond acceptors (Lipinski definition) is 9. The molecule has 0 atom stereocenters. The van der Waals surface area contributed by atoms with E-state index >= 15 is 0 Å². The van der Waals surface area contributed by atoms with Crippen LogP contribution in [0.15, 0.2) is 48.5 Å². The van der Waals surface area contributed by atoms with Gasteiger partial charge in [0.25, 0.3) is 0 Å². The van der Waals surface area contributed by atoms with Crippen LogP contribution in [0.1, 0.15) is 15.9 Å². The van der Waals surface area contributed by atoms with Crippen molar-refractivity contribution in [3.05, 3.63) is 59.7 Å². The van der Waals surface area contributed by atoms with Crippen molar-refractivity contribution in [2.75, 3.05) is 24.4 Å². The van der Waals surface area contributed by atoms with Crippen molar-refractivity contribution < 1.29 is 32.5 Å². The number of esters is 1. The molecule has 0 aliphatic heterocycles. The van der Waals surface area contributed by atoms with Gasteiger partial charge in [0.05, 0.1) is 12.7 Å². The molecule has 1 heterocycles. The lowest BCUT2D eigenvalue weighted by molar-refractivity contribution is -0.154. The van der Waals surface area contributed by atoms with Crippen LogP contribution in [-0.4, -0.2) is 45.9 Å². The molecule has 12 heteroatoms. The highest BCUT2D eigenvalue weighted by molar-refractivity contribution is 5.89. The topological polar surface area (TPSA) is 118 Å². The van der Waals surface area contributed by atoms with Gasteiger partial charge in [0, 0.05) is 12.2 Å². The maximum Gasteiger partial charge on any atom is 0.422 e. The minimum Gasteiger partial charge on any atom is -0.508 e. The fourth-order valence-electron chi connectivity index (χ4n) is 2.43. The van der Waals surface area contributed by atoms with E-state index in [1.807, 2.05) is 0 Å². The lowest BCUT2D eigenvalue weighted by Crippen LogP contribution is -2.21. The number of methoxy groups -OCH3 is 1. The maximum atomic E-state index is 12.5. The molecule has 0 fully saturated rings. The first-order chi connectivity index (χ1) is 15.2. The van der Waals surface area contributed by atoms with Crippen molar-refractivity contribution in [3.8, 4) is 11.8 Å². The summed E-state index contributed by atoms with van der Waals surface area (Å²) in [5.41, 5.74) is 1.56. The molecule has 9 nitrogen and oxygen atoms in total. The van der Waals surface area contributed by atoms with Crippen molar-refractivity contribution >= 4 is 23.6 Å². The SMILES string of the molecule is COC(=O)c1ccc(Nc2nc(NCc3ccc(O)cc3)nc(OCC(F)(F)F)n2)cc1. The number of nitrogens with zero attached hydrogens (tertiary/aromatic N) is 3. The van der Waals surface area contributed by atoms with Crippen molar-refractivity contribution in [2.45, 2.75) is 12.7 Å². The molecule has 2 aromatic carbocycles. The third-order valence-corrected chi connectivity index (χ3v) is 3.93. The molecule has 3 aromatic rings. The number of carbonyl (C=O) groups is 1. The molecule has 0 radical (unpaired) electrons. The summed E-state index contributed by atoms with van der Waals surface area (Å²) in [6.07, 6.45) is -4.57. The number of phenolic OH excluding ortho intramolecular Hbond substituents is 1. The zero-order chi connectivity index (χ0) is 23.1. The zero-order valence-electron chi connectivity index (χ0n) is 16.7. The highest BCUT2D eigenvalue weighted by Crippen LogP contribution is 2.21. The zero-order valence-corrected chi connectivity index (χ0v) is 16.7. The fourth-order valence-corrected chi connectivity index (χ4v) is 2.43. The quantitative estimate of drug-likeness (QED) is 0.443. The third-order valence-electron chi connectivity index (χ3n) is 3.93. The molecular weight excluding hydrogens is 431 g/mol. The molecular formula is C20H18F3N5O4. The second-order valence-corrected chi connectivity index (χ2v) is 6.38. The first-order valence-corrected chi connectivity index (χ1v) is 9.14. The van der Waals surface area contributed by atoms with Crippen LogP contribution < -0.4 is 15.4 Å². The standard InChI is InChI=1S/C20H18F3N5O4/c1-31-16(30)13-4-6-14(7-5-13)25-18-26-17(24-10-12-2-8-15(29)9-3-12)27-19(28-18)32-11-20(21,22)23/h2-9,29H,10-11H2,1H3,(H2,24,25,26,27,28). The van der Waals surface area contributed by atoms with E-state index in [1.165, 1.54) is 31.4 Å². The molecule has 0 unspecified atom stereocenters. The number of aromatic hydroxyl groups is 1. The number of hydrogen-bond donors (Lipinski definition) is 3. The summed E-state index contributed by atoms with van der Waals surface area (Å²) >= 11 is 0. The number of aromatic nitrogens is 3. The molecule has 3 N–H and O–H groups in total. The maximum absolute atomic E-state index is 12.5. The Bertz CT molecular complexity index is 1060. The van der Waals surface area contributed by atoms with Crippen LogP contribution in [0.3, 0.4) is 0 Å². The molecule has 1 aromatic heterocycles. The summed E-state index contributed by atoms with van der Waals surface area (Å²) in [6, 6.07) is 11.9. The Hall–Kier alpha value is -4.09. The predicted molar refractivity (Wildman–Crippen MR) is 108 cm³/mol. The molecule has 0 aliphatic carbocycles. The Morgan fingerprint density at radius 2 is 1.66 bits per heavy atom. The minimum absolute atomic E-state index is 0.0288. The van der Waals surface area contributed by atoms with Gasteiger partial charge >= 0.3 is 18.2 Å². The summed E-state index contributed by atoms with van der Waals surface area (Å²) in [5.74, 6) is -0.517. The second kappa shape index (κ2) is 9.81. The van der Waals surface area contributed by atoms with Gasteiger partial charge in [-0.15, -0.1) is 0 Å². The second-order valence-electron chi connectivity index (χ2n) is 6.38. The number of rotatable bonds is 8. The summed E-state index contributed by atoms with van der Waals surface area (Å²) in [6.45, 7) is -1.34. The molecule has 0 spiro atoms. The van der Waals surface area contributed by atoms with E-state index in [2.05, 4.69) is 35.1 Å². The molecule has 32 heavy (non-hydrogen) atoms. The molecule has 3 rings (SSSR count). The monoisotopic (exact) mass is 449 g/mol. The largest absolute Gasteiger partial charge is 0.508 e. The van der Waals surface area contributed by atoms with Gasteiger partial charge in [-0.05, 0) is 42.0 Å². The first-order valence-electron chi connectivity index (χ1n) is 9.14. The highest BCUT2D eigenvalue weighted by Gasteiger charge is 2.29. The first kappa shape index (κ1) is 22.6. The van der Waals surface area contributed by atoms with E-state index in [1.54, 1.807) is 24.3 Å². The van der Waals surface area contributed by atoms with Gasteiger partial charge in [0.2, 0.25) is 11.9 Å². The average Bonchev–Trinajstić information content (AvgIpc) is 2.77. The van der Waals surface area contributed by atoms with E-state index < -0.39 is 24.8 Å². The third kappa shape index (κ3) is 6.72. The smallest absolute Gasteiger partial charge is 0.422 e. The van der Waals surface area contributed by atoms with Crippen LogP contribution in [0.5, 0.6) is 11.8 Å². The Balaban J connectivity index is 1.78. The van der Waals surface area contributed by atoms with Gasteiger partial charge in [-0.2, -0.15) is 28.1 Å². The van der Waals surface area contributed by atoms with Gasteiger partial charge in [-0.1, -0.05) is 12.1 Å². The van der Waals surface area contributed by atoms with Gasteiger partial charge < -0.3 is 25.2 Å². The lowest BCUT2D eigenvalue weighted by atomic mass is 10.2. The normalized spacial score (nSPS) is 11.0. The van der Waals surface area contributed by atoms with Crippen LogP contribution in [0.2, 0.25) is 0 Å². The fraction of sp³-hybridized carbons (Fsp3) is 0.200. The minimum atomic E-state index is -4.57. The number of carbonyl (C=O) groups excluding carboxylic acids is 1. The number of phenols is 1. The van der Waals surface area contributed by atoms with Crippen LogP contribution in [0, 0.1) is 0 Å².